The Kier molecular flexibility index (Phi) is 2.24. The van der Waals surface area contributed by atoms with Crippen LogP contribution in [0.3, 0.4) is 0 Å². The predicted molar refractivity (Wildman–Crippen MR) is 49.6 cm³/mol. The molecule has 0 fully saturated rings. The summed E-state index contributed by atoms with van der Waals surface area (Å²) in [5.41, 5.74) is 5.42. The van der Waals surface area contributed by atoms with Crippen LogP contribution < -0.4 is 5.73 Å². The van der Waals surface area contributed by atoms with Gasteiger partial charge in [0.25, 0.3) is 0 Å². The van der Waals surface area contributed by atoms with Crippen LogP contribution in [0.15, 0.2) is 24.8 Å². The molecule has 0 amide bonds. The first-order chi connectivity index (χ1) is 7.18. The maximum atomic E-state index is 13.4. The number of anilines is 1. The first kappa shape index (κ1) is 9.45. The van der Waals surface area contributed by atoms with Crippen molar-refractivity contribution < 1.29 is 8.78 Å². The summed E-state index contributed by atoms with van der Waals surface area (Å²) in [5.74, 6) is -1.61. The zero-order chi connectivity index (χ0) is 10.8. The van der Waals surface area contributed by atoms with E-state index in [-0.39, 0.29) is 17.1 Å². The van der Waals surface area contributed by atoms with Crippen LogP contribution in [0.1, 0.15) is 0 Å². The third kappa shape index (κ3) is 1.74. The van der Waals surface area contributed by atoms with Gasteiger partial charge in [0.05, 0.1) is 6.20 Å². The van der Waals surface area contributed by atoms with Gasteiger partial charge in [-0.15, -0.1) is 0 Å². The molecule has 0 saturated carbocycles. The van der Waals surface area contributed by atoms with Crippen LogP contribution in [-0.4, -0.2) is 15.0 Å². The molecule has 2 N–H and O–H groups in total. The number of aromatic nitrogens is 3. The van der Waals surface area contributed by atoms with Gasteiger partial charge in [-0.25, -0.2) is 18.7 Å². The van der Waals surface area contributed by atoms with Gasteiger partial charge in [0, 0.05) is 11.8 Å². The van der Waals surface area contributed by atoms with E-state index < -0.39 is 11.6 Å². The van der Waals surface area contributed by atoms with Crippen LogP contribution in [0.4, 0.5) is 14.6 Å². The lowest BCUT2D eigenvalue weighted by Gasteiger charge is -2.02. The van der Waals surface area contributed by atoms with Gasteiger partial charge in [0.1, 0.15) is 17.8 Å². The Hall–Kier alpha value is -2.11. The number of hydrogen-bond donors (Lipinski definition) is 1. The molecule has 0 aliphatic carbocycles. The molecule has 0 unspecified atom stereocenters. The molecule has 0 bridgehead atoms. The van der Waals surface area contributed by atoms with Crippen LogP contribution in [0.2, 0.25) is 0 Å². The molecule has 0 aliphatic rings. The summed E-state index contributed by atoms with van der Waals surface area (Å²) in [5, 5.41) is 0. The minimum Gasteiger partial charge on any atom is -0.381 e. The van der Waals surface area contributed by atoms with E-state index in [4.69, 9.17) is 5.73 Å². The maximum Gasteiger partial charge on any atom is 0.191 e. The van der Waals surface area contributed by atoms with Gasteiger partial charge in [0.2, 0.25) is 0 Å². The van der Waals surface area contributed by atoms with Crippen molar-refractivity contribution in [3.05, 3.63) is 36.4 Å². The average molecular weight is 208 g/mol. The fourth-order valence-corrected chi connectivity index (χ4v) is 1.13. The van der Waals surface area contributed by atoms with E-state index in [9.17, 15) is 8.78 Å². The summed E-state index contributed by atoms with van der Waals surface area (Å²) < 4.78 is 26.2. The molecule has 0 radical (unpaired) electrons. The molecule has 0 saturated heterocycles. The number of nitrogen functional groups attached to an aromatic ring is 1. The first-order valence-corrected chi connectivity index (χ1v) is 4.05. The van der Waals surface area contributed by atoms with Crippen molar-refractivity contribution in [1.82, 2.24) is 15.0 Å². The average Bonchev–Trinajstić information content (AvgIpc) is 2.22. The van der Waals surface area contributed by atoms with Gasteiger partial charge in [0.15, 0.2) is 11.6 Å². The summed E-state index contributed by atoms with van der Waals surface area (Å²) in [4.78, 5) is 10.7. The molecule has 15 heavy (non-hydrogen) atoms. The predicted octanol–water partition coefficient (Wildman–Crippen LogP) is 1.40. The van der Waals surface area contributed by atoms with E-state index in [2.05, 4.69) is 15.0 Å². The highest BCUT2D eigenvalue weighted by Crippen LogP contribution is 2.21. The lowest BCUT2D eigenvalue weighted by atomic mass is 10.2. The highest BCUT2D eigenvalue weighted by Gasteiger charge is 2.11. The van der Waals surface area contributed by atoms with Crippen LogP contribution in [0.5, 0.6) is 0 Å². The van der Waals surface area contributed by atoms with E-state index in [0.29, 0.717) is 0 Å². The van der Waals surface area contributed by atoms with Crippen molar-refractivity contribution in [3.63, 3.8) is 0 Å². The number of halogens is 2. The second kappa shape index (κ2) is 3.56. The van der Waals surface area contributed by atoms with Crippen molar-refractivity contribution in [2.24, 2.45) is 0 Å². The highest BCUT2D eigenvalue weighted by molar-refractivity contribution is 5.61. The highest BCUT2D eigenvalue weighted by atomic mass is 19.1. The number of nitrogens with zero attached hydrogens (tertiary/aromatic N) is 3. The van der Waals surface area contributed by atoms with Crippen molar-refractivity contribution in [2.75, 3.05) is 5.73 Å². The largest absolute Gasteiger partial charge is 0.381 e. The summed E-state index contributed by atoms with van der Waals surface area (Å²) in [6, 6.07) is 1.12. The summed E-state index contributed by atoms with van der Waals surface area (Å²) in [6.07, 6.45) is 3.43. The van der Waals surface area contributed by atoms with Crippen LogP contribution >= 0.6 is 0 Å². The lowest BCUT2D eigenvalue weighted by molar-refractivity contribution is 0.616. The molecule has 2 aromatic heterocycles. The minimum absolute atomic E-state index is 0.0606. The topological polar surface area (TPSA) is 64.7 Å². The van der Waals surface area contributed by atoms with Crippen molar-refractivity contribution in [2.45, 2.75) is 0 Å². The Balaban J connectivity index is 2.59. The molecule has 0 atom stereocenters. The molecular formula is C9H6F2N4. The second-order valence-corrected chi connectivity index (χ2v) is 2.81. The molecule has 76 valence electrons. The molecule has 4 nitrogen and oxygen atoms in total. The summed E-state index contributed by atoms with van der Waals surface area (Å²) in [6.45, 7) is 0. The second-order valence-electron chi connectivity index (χ2n) is 2.81. The lowest BCUT2D eigenvalue weighted by Crippen LogP contribution is -1.99. The Morgan fingerprint density at radius 2 is 1.93 bits per heavy atom. The SMILES string of the molecule is Nc1ncnc(-c2cncc(F)c2)c1F. The monoisotopic (exact) mass is 208 g/mol. The third-order valence-corrected chi connectivity index (χ3v) is 1.79. The van der Waals surface area contributed by atoms with Crippen molar-refractivity contribution in [1.29, 1.82) is 0 Å². The molecule has 0 aliphatic heterocycles. The molecule has 0 spiro atoms. The Morgan fingerprint density at radius 3 is 2.67 bits per heavy atom. The Labute approximate surface area is 83.8 Å². The molecule has 2 rings (SSSR count). The van der Waals surface area contributed by atoms with Gasteiger partial charge >= 0.3 is 0 Å². The number of pyridine rings is 1. The quantitative estimate of drug-likeness (QED) is 0.769. The molecule has 6 heteroatoms. The number of hydrogen-bond acceptors (Lipinski definition) is 4. The Morgan fingerprint density at radius 1 is 1.13 bits per heavy atom. The molecule has 2 heterocycles. The van der Waals surface area contributed by atoms with Crippen molar-refractivity contribution >= 4 is 5.82 Å². The van der Waals surface area contributed by atoms with Gasteiger partial charge in [-0.2, -0.15) is 0 Å². The standard InChI is InChI=1S/C9H6F2N4/c10-6-1-5(2-13-3-6)8-7(11)9(12)15-4-14-8/h1-4H,(H2,12,14,15). The van der Waals surface area contributed by atoms with Gasteiger partial charge < -0.3 is 5.73 Å². The fraction of sp³-hybridized carbons (Fsp3) is 0. The minimum atomic E-state index is -0.773. The van der Waals surface area contributed by atoms with E-state index in [1.807, 2.05) is 0 Å². The van der Waals surface area contributed by atoms with Crippen LogP contribution in [0, 0.1) is 11.6 Å². The van der Waals surface area contributed by atoms with Gasteiger partial charge in [-0.1, -0.05) is 0 Å². The van der Waals surface area contributed by atoms with E-state index >= 15 is 0 Å². The van der Waals surface area contributed by atoms with Crippen molar-refractivity contribution in [3.8, 4) is 11.3 Å². The summed E-state index contributed by atoms with van der Waals surface area (Å²) >= 11 is 0. The Bertz CT molecular complexity index is 501. The zero-order valence-electron chi connectivity index (χ0n) is 7.48. The normalized spacial score (nSPS) is 10.3. The molecular weight excluding hydrogens is 202 g/mol. The van der Waals surface area contributed by atoms with Gasteiger partial charge in [-0.3, -0.25) is 4.98 Å². The number of rotatable bonds is 1. The zero-order valence-corrected chi connectivity index (χ0v) is 7.48. The number of nitrogens with two attached hydrogens (primary N) is 1. The van der Waals surface area contributed by atoms with Crippen LogP contribution in [0.25, 0.3) is 11.3 Å². The third-order valence-electron chi connectivity index (χ3n) is 1.79. The molecule has 2 aromatic rings. The van der Waals surface area contributed by atoms with E-state index in [1.54, 1.807) is 0 Å². The maximum absolute atomic E-state index is 13.4. The fourth-order valence-electron chi connectivity index (χ4n) is 1.13. The smallest absolute Gasteiger partial charge is 0.191 e. The first-order valence-electron chi connectivity index (χ1n) is 4.05. The van der Waals surface area contributed by atoms with Crippen LogP contribution in [-0.2, 0) is 0 Å². The summed E-state index contributed by atoms with van der Waals surface area (Å²) in [7, 11) is 0. The van der Waals surface area contributed by atoms with E-state index in [0.717, 1.165) is 18.6 Å². The van der Waals surface area contributed by atoms with E-state index in [1.165, 1.54) is 6.20 Å². The van der Waals surface area contributed by atoms with Gasteiger partial charge in [-0.05, 0) is 6.07 Å². The molecule has 0 aromatic carbocycles.